The molecule has 3 nitrogen and oxygen atoms in total. The second kappa shape index (κ2) is 3.61. The number of halogens is 1. The molecule has 0 rings (SSSR count). The Kier molecular flexibility index (Phi) is 4.16. The highest BCUT2D eigenvalue weighted by Crippen LogP contribution is 1.78. The van der Waals surface area contributed by atoms with Gasteiger partial charge in [-0.1, -0.05) is 5.04 Å². The van der Waals surface area contributed by atoms with Crippen molar-refractivity contribution in [3.05, 3.63) is 0 Å². The first-order valence-electron chi connectivity index (χ1n) is 0.504. The molecule has 4 heavy (non-hydrogen) atoms. The topological polar surface area (TPSA) is 38.7 Å². The van der Waals surface area contributed by atoms with Crippen molar-refractivity contribution in [1.29, 1.82) is 0 Å². The van der Waals surface area contributed by atoms with Gasteiger partial charge in [0.1, 0.15) is 0 Å². The molecule has 26 valence electrons. The van der Waals surface area contributed by atoms with Crippen molar-refractivity contribution in [2.24, 2.45) is 0 Å². The molecule has 0 saturated carbocycles. The molecule has 0 saturated heterocycles. The van der Waals surface area contributed by atoms with Crippen molar-refractivity contribution in [1.82, 2.24) is 0 Å². The van der Waals surface area contributed by atoms with E-state index in [0.29, 0.717) is 0 Å². The Bertz CT molecular complexity index is 5.25. The quantitative estimate of drug-likeness (QED) is 0.364. The normalized spacial score (nSPS) is 7.50. The summed E-state index contributed by atoms with van der Waals surface area (Å²) in [5.74, 6) is 0. The van der Waals surface area contributed by atoms with Crippen molar-refractivity contribution < 1.29 is 13.5 Å². The molecule has 0 fully saturated rings. The van der Waals surface area contributed by atoms with Gasteiger partial charge in [-0.25, -0.2) is 5.26 Å². The first kappa shape index (κ1) is 4.61. The van der Waals surface area contributed by atoms with Gasteiger partial charge >= 0.3 is 0 Å². The monoisotopic (exact) mass is 176 g/mol. The van der Waals surface area contributed by atoms with Crippen LogP contribution in [-0.4, -0.2) is 5.26 Å². The number of rotatable bonds is 1. The molecule has 4 heteroatoms. The third kappa shape index (κ3) is 2.61. The lowest BCUT2D eigenvalue weighted by Gasteiger charge is -1.70. The van der Waals surface area contributed by atoms with Gasteiger partial charge in [0.25, 0.3) is 0 Å². The Labute approximate surface area is 37.1 Å². The molecule has 0 aromatic heterocycles. The highest BCUT2D eigenvalue weighted by atomic mass is 127. The lowest BCUT2D eigenvalue weighted by Crippen LogP contribution is -1.65. The smallest absolute Gasteiger partial charge is 0.158 e. The summed E-state index contributed by atoms with van der Waals surface area (Å²) in [6.07, 6.45) is 0. The largest absolute Gasteiger partial charge is 0.220 e. The zero-order chi connectivity index (χ0) is 3.41. The second-order valence-corrected chi connectivity index (χ2v) is 0.497. The summed E-state index contributed by atoms with van der Waals surface area (Å²) >= 11 is 1.38. The third-order valence-electron chi connectivity index (χ3n) is 0.0282. The van der Waals surface area contributed by atoms with Gasteiger partial charge < -0.3 is 0 Å². The predicted molar refractivity (Wildman–Crippen MR) is 18.8 cm³/mol. The van der Waals surface area contributed by atoms with E-state index in [9.17, 15) is 0 Å². The molecule has 0 radical (unpaired) electrons. The van der Waals surface area contributed by atoms with Gasteiger partial charge in [-0.2, -0.15) is 0 Å². The standard InChI is InChI=1S/HIO3/c1-3-4-2/h2H. The maximum absolute atomic E-state index is 7.15. The molecule has 0 unspecified atom stereocenters. The Morgan fingerprint density at radius 3 is 2.00 bits per heavy atom. The molecule has 0 aliphatic carbocycles. The first-order chi connectivity index (χ1) is 1.91. The Balaban J connectivity index is 1.97. The number of hydrogen-bond acceptors (Lipinski definition) is 3. The van der Waals surface area contributed by atoms with Crippen LogP contribution in [0.1, 0.15) is 0 Å². The molecule has 0 heterocycles. The van der Waals surface area contributed by atoms with E-state index < -0.39 is 0 Å². The van der Waals surface area contributed by atoms with Crippen molar-refractivity contribution >= 4 is 23.0 Å². The minimum atomic E-state index is 1.38. The zero-order valence-electron chi connectivity index (χ0n) is 1.64. The molecule has 0 aromatic rings. The van der Waals surface area contributed by atoms with Gasteiger partial charge in [0.15, 0.2) is 23.0 Å². The van der Waals surface area contributed by atoms with Crippen LogP contribution in [0, 0.1) is 0 Å². The van der Waals surface area contributed by atoms with Gasteiger partial charge in [0.2, 0.25) is 0 Å². The van der Waals surface area contributed by atoms with Gasteiger partial charge in [0.05, 0.1) is 0 Å². The molecule has 0 atom stereocenters. The zero-order valence-corrected chi connectivity index (χ0v) is 3.80. The average Bonchev–Trinajstić information content (AvgIpc) is 1.37. The van der Waals surface area contributed by atoms with E-state index in [4.69, 9.17) is 5.26 Å². The average molecular weight is 176 g/mol. The van der Waals surface area contributed by atoms with E-state index in [2.05, 4.69) is 8.26 Å². The molecule has 0 aromatic carbocycles. The van der Waals surface area contributed by atoms with Crippen LogP contribution in [0.15, 0.2) is 0 Å². The minimum absolute atomic E-state index is 1.38. The van der Waals surface area contributed by atoms with Crippen molar-refractivity contribution in [2.75, 3.05) is 0 Å². The van der Waals surface area contributed by atoms with Crippen molar-refractivity contribution in [2.45, 2.75) is 0 Å². The van der Waals surface area contributed by atoms with Gasteiger partial charge in [0, 0.05) is 0 Å². The maximum atomic E-state index is 7.15. The summed E-state index contributed by atoms with van der Waals surface area (Å²) in [6, 6.07) is 0. The molecule has 1 N–H and O–H groups in total. The highest BCUT2D eigenvalue weighted by Gasteiger charge is 1.55. The summed E-state index contributed by atoms with van der Waals surface area (Å²) in [7, 11) is 0. The van der Waals surface area contributed by atoms with Crippen LogP contribution in [0.2, 0.25) is 0 Å². The SMILES string of the molecule is OOOI. The minimum Gasteiger partial charge on any atom is -0.220 e. The van der Waals surface area contributed by atoms with Crippen LogP contribution in [0.3, 0.4) is 0 Å². The summed E-state index contributed by atoms with van der Waals surface area (Å²) < 4.78 is 3.57. The lowest BCUT2D eigenvalue weighted by molar-refractivity contribution is -0.417. The van der Waals surface area contributed by atoms with Crippen molar-refractivity contribution in [3.63, 3.8) is 0 Å². The number of hydrogen-bond donors (Lipinski definition) is 1. The van der Waals surface area contributed by atoms with E-state index in [0.717, 1.165) is 0 Å². The lowest BCUT2D eigenvalue weighted by atomic mass is 14.6. The Morgan fingerprint density at radius 1 is 1.75 bits per heavy atom. The van der Waals surface area contributed by atoms with Crippen molar-refractivity contribution in [3.8, 4) is 0 Å². The molecule has 0 spiro atoms. The van der Waals surface area contributed by atoms with E-state index >= 15 is 0 Å². The molecule has 0 aliphatic heterocycles. The molecule has 0 bridgehead atoms. The van der Waals surface area contributed by atoms with Crippen LogP contribution >= 0.6 is 23.0 Å². The predicted octanol–water partition coefficient (Wildman–Crippen LogP) is 0.758. The molecular formula is HIO3. The summed E-state index contributed by atoms with van der Waals surface area (Å²) in [5.41, 5.74) is 0. The van der Waals surface area contributed by atoms with Crippen LogP contribution in [0.5, 0.6) is 0 Å². The fourth-order valence-electron chi connectivity index (χ4n) is 0. The van der Waals surface area contributed by atoms with Gasteiger partial charge in [-0.3, -0.25) is 0 Å². The van der Waals surface area contributed by atoms with E-state index in [1.165, 1.54) is 23.0 Å². The molecule has 0 aliphatic rings. The second-order valence-electron chi connectivity index (χ2n) is 0.138. The van der Waals surface area contributed by atoms with E-state index in [-0.39, 0.29) is 0 Å². The van der Waals surface area contributed by atoms with Crippen LogP contribution in [-0.2, 0) is 8.26 Å². The van der Waals surface area contributed by atoms with Crippen LogP contribution in [0.4, 0.5) is 0 Å². The summed E-state index contributed by atoms with van der Waals surface area (Å²) in [5, 5.41) is 10.2. The fourth-order valence-corrected chi connectivity index (χ4v) is 0. The molecule has 0 amide bonds. The summed E-state index contributed by atoms with van der Waals surface area (Å²) in [6.45, 7) is 0. The van der Waals surface area contributed by atoms with Gasteiger partial charge in [-0.05, 0) is 0 Å². The van der Waals surface area contributed by atoms with Crippen LogP contribution < -0.4 is 0 Å². The Hall–Kier alpha value is 0.610. The van der Waals surface area contributed by atoms with E-state index in [1.807, 2.05) is 0 Å². The maximum Gasteiger partial charge on any atom is 0.158 e. The van der Waals surface area contributed by atoms with E-state index in [1.54, 1.807) is 0 Å². The summed E-state index contributed by atoms with van der Waals surface area (Å²) in [4.78, 5) is 0. The first-order valence-corrected chi connectivity index (χ1v) is 1.38. The molecular weight excluding hydrogens is 175 g/mol. The third-order valence-corrected chi connectivity index (χ3v) is 0.189. The van der Waals surface area contributed by atoms with Gasteiger partial charge in [-0.15, -0.1) is 3.22 Å². The highest BCUT2D eigenvalue weighted by molar-refractivity contribution is 14.1. The fraction of sp³-hybridized carbons (Fsp3) is 0. The Morgan fingerprint density at radius 2 is 2.00 bits per heavy atom. The van der Waals surface area contributed by atoms with Crippen LogP contribution in [0.25, 0.3) is 0 Å².